The lowest BCUT2D eigenvalue weighted by Crippen LogP contribution is -2.04. The van der Waals surface area contributed by atoms with Crippen LogP contribution in [0.4, 0.5) is 14.5 Å². The van der Waals surface area contributed by atoms with Gasteiger partial charge in [-0.15, -0.1) is 11.3 Å². The van der Waals surface area contributed by atoms with Crippen LogP contribution in [0.25, 0.3) is 22.4 Å². The second-order valence-electron chi connectivity index (χ2n) is 5.31. The third-order valence-corrected chi connectivity index (χ3v) is 4.50. The van der Waals surface area contributed by atoms with Crippen LogP contribution in [0, 0.1) is 10.1 Å². The summed E-state index contributed by atoms with van der Waals surface area (Å²) >= 11 is 1.39. The van der Waals surface area contributed by atoms with Gasteiger partial charge in [0.15, 0.2) is 11.5 Å². The van der Waals surface area contributed by atoms with Gasteiger partial charge in [0.25, 0.3) is 5.69 Å². The SMILES string of the molecule is CCOc1cc(/C=C/c2nc3cc([N+](=O)[O-])ccc3s2)ccc1OC(F)F. The number of aromatic nitrogens is 1. The summed E-state index contributed by atoms with van der Waals surface area (Å²) < 4.78 is 35.5. The van der Waals surface area contributed by atoms with E-state index >= 15 is 0 Å². The molecule has 3 rings (SSSR count). The number of nitro benzene ring substituents is 1. The number of fused-ring (bicyclic) bond motifs is 1. The first kappa shape index (κ1) is 18.7. The zero-order valence-electron chi connectivity index (χ0n) is 14.1. The molecule has 0 radical (unpaired) electrons. The third kappa shape index (κ3) is 4.56. The Morgan fingerprint density at radius 1 is 1.22 bits per heavy atom. The second-order valence-corrected chi connectivity index (χ2v) is 6.37. The zero-order valence-corrected chi connectivity index (χ0v) is 14.9. The molecule has 0 aliphatic carbocycles. The van der Waals surface area contributed by atoms with Gasteiger partial charge in [0.2, 0.25) is 0 Å². The maximum atomic E-state index is 12.4. The summed E-state index contributed by atoms with van der Waals surface area (Å²) in [5, 5.41) is 11.5. The molecule has 0 atom stereocenters. The van der Waals surface area contributed by atoms with Crippen molar-refractivity contribution in [3.8, 4) is 11.5 Å². The molecule has 0 amide bonds. The monoisotopic (exact) mass is 392 g/mol. The first-order valence-corrected chi connectivity index (χ1v) is 8.72. The lowest BCUT2D eigenvalue weighted by molar-refractivity contribution is -0.384. The minimum Gasteiger partial charge on any atom is -0.490 e. The molecule has 27 heavy (non-hydrogen) atoms. The van der Waals surface area contributed by atoms with Crippen molar-refractivity contribution in [2.75, 3.05) is 6.61 Å². The fourth-order valence-corrected chi connectivity index (χ4v) is 3.23. The molecular weight excluding hydrogens is 378 g/mol. The number of ether oxygens (including phenoxy) is 2. The van der Waals surface area contributed by atoms with Gasteiger partial charge in [0.05, 0.1) is 21.7 Å². The van der Waals surface area contributed by atoms with E-state index in [0.29, 0.717) is 22.7 Å². The van der Waals surface area contributed by atoms with Gasteiger partial charge >= 0.3 is 6.61 Å². The van der Waals surface area contributed by atoms with Crippen LogP contribution in [0.5, 0.6) is 11.5 Å². The van der Waals surface area contributed by atoms with Crippen molar-refractivity contribution in [2.45, 2.75) is 13.5 Å². The van der Waals surface area contributed by atoms with E-state index in [4.69, 9.17) is 4.74 Å². The minimum atomic E-state index is -2.93. The molecule has 140 valence electrons. The standard InChI is InChI=1S/C18H14F2N2O4S/c1-2-25-15-9-11(3-6-14(15)26-18(19)20)4-8-17-21-13-10-12(22(23)24)5-7-16(13)27-17/h3-10,18H,2H2,1H3/b8-4+. The lowest BCUT2D eigenvalue weighted by Gasteiger charge is -2.11. The van der Waals surface area contributed by atoms with Crippen LogP contribution in [0.2, 0.25) is 0 Å². The molecule has 0 fully saturated rings. The normalized spacial score (nSPS) is 11.4. The average molecular weight is 392 g/mol. The molecule has 0 unspecified atom stereocenters. The van der Waals surface area contributed by atoms with Gasteiger partial charge in [0.1, 0.15) is 5.01 Å². The average Bonchev–Trinajstić information content (AvgIpc) is 3.03. The van der Waals surface area contributed by atoms with Crippen molar-refractivity contribution >= 4 is 39.4 Å². The summed E-state index contributed by atoms with van der Waals surface area (Å²) in [5.74, 6) is 0.191. The Morgan fingerprint density at radius 2 is 2.04 bits per heavy atom. The summed E-state index contributed by atoms with van der Waals surface area (Å²) in [5.41, 5.74) is 1.24. The van der Waals surface area contributed by atoms with E-state index in [1.54, 1.807) is 37.3 Å². The lowest BCUT2D eigenvalue weighted by atomic mass is 10.2. The van der Waals surface area contributed by atoms with E-state index < -0.39 is 11.5 Å². The largest absolute Gasteiger partial charge is 0.490 e. The first-order chi connectivity index (χ1) is 13.0. The topological polar surface area (TPSA) is 74.5 Å². The van der Waals surface area contributed by atoms with E-state index in [-0.39, 0.29) is 17.2 Å². The third-order valence-electron chi connectivity index (χ3n) is 3.50. The van der Waals surface area contributed by atoms with Crippen molar-refractivity contribution in [2.24, 2.45) is 0 Å². The highest BCUT2D eigenvalue weighted by Crippen LogP contribution is 2.31. The predicted molar refractivity (Wildman–Crippen MR) is 99.4 cm³/mol. The fourth-order valence-electron chi connectivity index (χ4n) is 2.38. The molecule has 0 saturated carbocycles. The number of thiazole rings is 1. The zero-order chi connectivity index (χ0) is 19.4. The number of nitro groups is 1. The van der Waals surface area contributed by atoms with Gasteiger partial charge in [-0.2, -0.15) is 8.78 Å². The Bertz CT molecular complexity index is 1000. The summed E-state index contributed by atoms with van der Waals surface area (Å²) in [6.45, 7) is -0.879. The van der Waals surface area contributed by atoms with Gasteiger partial charge < -0.3 is 9.47 Å². The number of halogens is 2. The molecular formula is C18H14F2N2O4S. The number of hydrogen-bond acceptors (Lipinski definition) is 6. The van der Waals surface area contributed by atoms with Gasteiger partial charge in [0, 0.05) is 12.1 Å². The van der Waals surface area contributed by atoms with Crippen molar-refractivity contribution in [3.05, 3.63) is 57.1 Å². The first-order valence-electron chi connectivity index (χ1n) is 7.91. The Balaban J connectivity index is 1.85. The summed E-state index contributed by atoms with van der Waals surface area (Å²) in [6.07, 6.45) is 3.50. The number of non-ortho nitro benzene ring substituents is 1. The molecule has 2 aromatic carbocycles. The fraction of sp³-hybridized carbons (Fsp3) is 0.167. The molecule has 1 heterocycles. The van der Waals surface area contributed by atoms with Crippen molar-refractivity contribution in [1.29, 1.82) is 0 Å². The summed E-state index contributed by atoms with van der Waals surface area (Å²) in [4.78, 5) is 14.7. The van der Waals surface area contributed by atoms with Crippen LogP contribution in [0.15, 0.2) is 36.4 Å². The van der Waals surface area contributed by atoms with Crippen LogP contribution in [0.3, 0.4) is 0 Å². The number of hydrogen-bond donors (Lipinski definition) is 0. The molecule has 0 aliphatic heterocycles. The molecule has 6 nitrogen and oxygen atoms in total. The van der Waals surface area contributed by atoms with Crippen molar-refractivity contribution in [1.82, 2.24) is 4.98 Å². The van der Waals surface area contributed by atoms with Gasteiger partial charge in [-0.1, -0.05) is 12.1 Å². The number of benzene rings is 2. The Labute approximate surface area is 156 Å². The highest BCUT2D eigenvalue weighted by Gasteiger charge is 2.12. The van der Waals surface area contributed by atoms with E-state index in [2.05, 4.69) is 9.72 Å². The summed E-state index contributed by atoms with van der Waals surface area (Å²) in [6, 6.07) is 9.15. The molecule has 0 N–H and O–H groups in total. The Kier molecular flexibility index (Phi) is 5.60. The van der Waals surface area contributed by atoms with Gasteiger partial charge in [-0.05, 0) is 36.8 Å². The predicted octanol–water partition coefficient (Wildman–Crippen LogP) is 5.38. The molecule has 0 aliphatic rings. The number of nitrogens with zero attached hydrogens (tertiary/aromatic N) is 2. The molecule has 0 saturated heterocycles. The van der Waals surface area contributed by atoms with Crippen LogP contribution >= 0.6 is 11.3 Å². The van der Waals surface area contributed by atoms with Crippen molar-refractivity contribution in [3.63, 3.8) is 0 Å². The minimum absolute atomic E-state index is 0.0145. The molecule has 3 aromatic rings. The smallest absolute Gasteiger partial charge is 0.387 e. The number of rotatable bonds is 7. The molecule has 9 heteroatoms. The maximum absolute atomic E-state index is 12.4. The maximum Gasteiger partial charge on any atom is 0.387 e. The van der Waals surface area contributed by atoms with E-state index in [1.807, 2.05) is 0 Å². The molecule has 0 bridgehead atoms. The summed E-state index contributed by atoms with van der Waals surface area (Å²) in [7, 11) is 0. The van der Waals surface area contributed by atoms with Gasteiger partial charge in [-0.3, -0.25) is 10.1 Å². The second kappa shape index (κ2) is 8.09. The van der Waals surface area contributed by atoms with Gasteiger partial charge in [-0.25, -0.2) is 4.98 Å². The highest BCUT2D eigenvalue weighted by atomic mass is 32.1. The van der Waals surface area contributed by atoms with E-state index in [0.717, 1.165) is 4.70 Å². The van der Waals surface area contributed by atoms with Crippen molar-refractivity contribution < 1.29 is 23.2 Å². The molecule has 1 aromatic heterocycles. The van der Waals surface area contributed by atoms with Crippen LogP contribution in [-0.4, -0.2) is 23.1 Å². The Morgan fingerprint density at radius 3 is 2.74 bits per heavy atom. The Hall–Kier alpha value is -3.07. The van der Waals surface area contributed by atoms with Crippen LogP contribution in [0.1, 0.15) is 17.5 Å². The molecule has 0 spiro atoms. The quantitative estimate of drug-likeness (QED) is 0.399. The van der Waals surface area contributed by atoms with E-state index in [1.165, 1.54) is 29.5 Å². The van der Waals surface area contributed by atoms with E-state index in [9.17, 15) is 18.9 Å². The highest BCUT2D eigenvalue weighted by molar-refractivity contribution is 7.19. The van der Waals surface area contributed by atoms with Crippen LogP contribution in [-0.2, 0) is 0 Å². The van der Waals surface area contributed by atoms with Crippen LogP contribution < -0.4 is 9.47 Å². The number of alkyl halides is 2.